The van der Waals surface area contributed by atoms with Gasteiger partial charge in [-0.05, 0) is 30.2 Å². The van der Waals surface area contributed by atoms with E-state index >= 15 is 0 Å². The number of aromatic nitrogens is 4. The molecule has 13 heteroatoms. The first-order chi connectivity index (χ1) is 17.2. The zero-order valence-corrected chi connectivity index (χ0v) is 19.3. The second-order valence-corrected chi connectivity index (χ2v) is 7.95. The highest BCUT2D eigenvalue weighted by Gasteiger charge is 2.47. The average molecular weight is 490 g/mol. The van der Waals surface area contributed by atoms with Gasteiger partial charge in [0, 0.05) is 19.7 Å². The second-order valence-electron chi connectivity index (χ2n) is 7.95. The van der Waals surface area contributed by atoms with E-state index < -0.39 is 30.4 Å². The van der Waals surface area contributed by atoms with E-state index in [-0.39, 0.29) is 35.3 Å². The zero-order valence-electron chi connectivity index (χ0n) is 19.3. The molecule has 3 heterocycles. The Labute approximate surface area is 205 Å². The molecule has 3 aromatic rings. The number of nitrogens with one attached hydrogen (secondary N) is 1. The molecule has 5 N–H and O–H groups in total. The Morgan fingerprint density at radius 3 is 2.64 bits per heavy atom. The van der Waals surface area contributed by atoms with Crippen LogP contribution in [-0.2, 0) is 9.53 Å². The molecule has 0 saturated carbocycles. The molecule has 1 unspecified atom stereocenters. The molecule has 1 aliphatic rings. The van der Waals surface area contributed by atoms with Crippen LogP contribution in [0, 0.1) is 23.2 Å². The van der Waals surface area contributed by atoms with Crippen LogP contribution in [0.15, 0.2) is 30.6 Å². The van der Waals surface area contributed by atoms with Crippen molar-refractivity contribution < 1.29 is 24.5 Å². The summed E-state index contributed by atoms with van der Waals surface area (Å²) in [6.07, 6.45) is -4.02. The molecule has 0 bridgehead atoms. The number of rotatable bonds is 4. The summed E-state index contributed by atoms with van der Waals surface area (Å²) >= 11 is 0. The summed E-state index contributed by atoms with van der Waals surface area (Å²) in [5.74, 6) is 4.76. The number of aliphatic hydroxyl groups excluding tert-OH is 2. The number of benzene rings is 1. The predicted molar refractivity (Wildman–Crippen MR) is 125 cm³/mol. The Hall–Kier alpha value is -4.56. The third-order valence-corrected chi connectivity index (χ3v) is 5.59. The number of hydrogen-bond donors (Lipinski definition) is 4. The van der Waals surface area contributed by atoms with Crippen LogP contribution in [0.4, 0.5) is 5.82 Å². The molecule has 2 amide bonds. The number of nitrogens with two attached hydrogens (primary N) is 1. The van der Waals surface area contributed by atoms with Crippen LogP contribution >= 0.6 is 0 Å². The van der Waals surface area contributed by atoms with Crippen molar-refractivity contribution in [1.82, 2.24) is 29.7 Å². The number of nitriles is 1. The van der Waals surface area contributed by atoms with Crippen molar-refractivity contribution in [1.29, 1.82) is 5.26 Å². The lowest BCUT2D eigenvalue weighted by Gasteiger charge is -2.16. The van der Waals surface area contributed by atoms with Crippen LogP contribution in [-0.4, -0.2) is 85.4 Å². The third kappa shape index (κ3) is 4.54. The smallest absolute Gasteiger partial charge is 0.254 e. The van der Waals surface area contributed by atoms with Gasteiger partial charge in [0.15, 0.2) is 23.8 Å². The molecule has 1 aromatic carbocycles. The van der Waals surface area contributed by atoms with E-state index in [0.29, 0.717) is 11.1 Å². The van der Waals surface area contributed by atoms with Gasteiger partial charge >= 0.3 is 0 Å². The summed E-state index contributed by atoms with van der Waals surface area (Å²) in [6.45, 7) is 0.0594. The molecule has 1 saturated heterocycles. The molecular formula is C23H22N8O5. The SMILES string of the molecule is CNC(=O)[C@H]1O[C@@H](n2cnc3c(N)nc(C#CCN(C)C(=O)c4ccc(C#N)cc4)nc32)C(O)[C@@H]1O. The quantitative estimate of drug-likeness (QED) is 0.322. The zero-order chi connectivity index (χ0) is 26.0. The Bertz CT molecular complexity index is 1420. The number of aliphatic hydroxyl groups is 2. The van der Waals surface area contributed by atoms with Gasteiger partial charge in [0.05, 0.1) is 24.5 Å². The second kappa shape index (κ2) is 9.97. The van der Waals surface area contributed by atoms with Gasteiger partial charge in [0.1, 0.15) is 17.7 Å². The van der Waals surface area contributed by atoms with Crippen molar-refractivity contribution in [2.45, 2.75) is 24.5 Å². The van der Waals surface area contributed by atoms with Gasteiger partial charge in [-0.25, -0.2) is 15.0 Å². The summed E-state index contributed by atoms with van der Waals surface area (Å²) in [4.78, 5) is 38.5. The number of anilines is 1. The minimum Gasteiger partial charge on any atom is -0.387 e. The van der Waals surface area contributed by atoms with Crippen molar-refractivity contribution in [3.05, 3.63) is 47.5 Å². The van der Waals surface area contributed by atoms with E-state index in [9.17, 15) is 19.8 Å². The number of imidazole rings is 1. The fraction of sp³-hybridized carbons (Fsp3) is 0.304. The highest BCUT2D eigenvalue weighted by molar-refractivity contribution is 5.94. The van der Waals surface area contributed by atoms with Crippen molar-refractivity contribution in [2.24, 2.45) is 0 Å². The maximum atomic E-state index is 12.6. The van der Waals surface area contributed by atoms with E-state index in [1.54, 1.807) is 31.3 Å². The maximum Gasteiger partial charge on any atom is 0.254 e. The first-order valence-electron chi connectivity index (χ1n) is 10.7. The molecule has 1 fully saturated rings. The molecule has 36 heavy (non-hydrogen) atoms. The summed E-state index contributed by atoms with van der Waals surface area (Å²) in [7, 11) is 2.97. The van der Waals surface area contributed by atoms with Gasteiger partial charge in [-0.3, -0.25) is 14.2 Å². The lowest BCUT2D eigenvalue weighted by atomic mass is 10.1. The molecule has 184 valence electrons. The Balaban J connectivity index is 1.55. The number of fused-ring (bicyclic) bond motifs is 1. The van der Waals surface area contributed by atoms with E-state index in [0.717, 1.165) is 0 Å². The topological polar surface area (TPSA) is 193 Å². The Morgan fingerprint density at radius 2 is 1.97 bits per heavy atom. The third-order valence-electron chi connectivity index (χ3n) is 5.59. The number of likely N-dealkylation sites (N-methyl/N-ethyl adjacent to an activating group) is 1. The summed E-state index contributed by atoms with van der Waals surface area (Å²) < 4.78 is 6.92. The molecule has 0 radical (unpaired) electrons. The van der Waals surface area contributed by atoms with Gasteiger partial charge in [-0.1, -0.05) is 5.92 Å². The lowest BCUT2D eigenvalue weighted by Crippen LogP contribution is -2.41. The number of carbonyl (C=O) groups excluding carboxylic acids is 2. The largest absolute Gasteiger partial charge is 0.387 e. The van der Waals surface area contributed by atoms with Crippen LogP contribution in [0.5, 0.6) is 0 Å². The molecule has 0 spiro atoms. The van der Waals surface area contributed by atoms with Crippen molar-refractivity contribution in [3.63, 3.8) is 0 Å². The van der Waals surface area contributed by atoms with E-state index in [1.807, 2.05) is 6.07 Å². The van der Waals surface area contributed by atoms with Crippen LogP contribution in [0.2, 0.25) is 0 Å². The minimum absolute atomic E-state index is 0.0287. The predicted octanol–water partition coefficient (Wildman–Crippen LogP) is -1.23. The van der Waals surface area contributed by atoms with E-state index in [2.05, 4.69) is 32.1 Å². The first kappa shape index (κ1) is 24.6. The normalized spacial score (nSPS) is 20.9. The monoisotopic (exact) mass is 490 g/mol. The van der Waals surface area contributed by atoms with Crippen LogP contribution < -0.4 is 11.1 Å². The number of hydrogen-bond acceptors (Lipinski definition) is 10. The number of carbonyl (C=O) groups is 2. The van der Waals surface area contributed by atoms with Gasteiger partial charge in [0.25, 0.3) is 11.8 Å². The fourth-order valence-corrected chi connectivity index (χ4v) is 3.65. The first-order valence-corrected chi connectivity index (χ1v) is 10.7. The minimum atomic E-state index is -1.46. The average Bonchev–Trinajstić information content (AvgIpc) is 3.44. The number of nitrogens with zero attached hydrogens (tertiary/aromatic N) is 6. The van der Waals surface area contributed by atoms with E-state index in [1.165, 1.54) is 22.8 Å². The van der Waals surface area contributed by atoms with Crippen LogP contribution in [0.1, 0.15) is 28.0 Å². The summed E-state index contributed by atoms with van der Waals surface area (Å²) in [5.41, 5.74) is 7.28. The Kier molecular flexibility index (Phi) is 6.80. The summed E-state index contributed by atoms with van der Waals surface area (Å²) in [5, 5.41) is 31.9. The van der Waals surface area contributed by atoms with Crippen molar-refractivity contribution in [3.8, 4) is 17.9 Å². The van der Waals surface area contributed by atoms with Gasteiger partial charge in [-0.2, -0.15) is 5.26 Å². The molecule has 4 rings (SSSR count). The number of nitrogen functional groups attached to an aromatic ring is 1. The standard InChI is InChI=1S/C23H22N8O5/c1-26-21(34)18-16(32)17(33)23(36-18)31-11-27-15-19(25)28-14(29-20(15)31)4-3-9-30(2)22(35)13-7-5-12(10-24)6-8-13/h5-8,11,16-18,23,32-33H,9H2,1-2H3,(H,26,34)(H2,25,28,29)/t16-,17?,18-,23+/m0/s1. The molecule has 2 aromatic heterocycles. The van der Waals surface area contributed by atoms with Crippen LogP contribution in [0.25, 0.3) is 11.2 Å². The molecule has 13 nitrogen and oxygen atoms in total. The molecule has 4 atom stereocenters. The highest BCUT2D eigenvalue weighted by Crippen LogP contribution is 2.32. The Morgan fingerprint density at radius 1 is 1.25 bits per heavy atom. The summed E-state index contributed by atoms with van der Waals surface area (Å²) in [6, 6.07) is 8.24. The van der Waals surface area contributed by atoms with E-state index in [4.69, 9.17) is 15.7 Å². The fourth-order valence-electron chi connectivity index (χ4n) is 3.65. The number of amides is 2. The molecular weight excluding hydrogens is 468 g/mol. The van der Waals surface area contributed by atoms with Gasteiger partial charge < -0.3 is 30.9 Å². The van der Waals surface area contributed by atoms with Crippen LogP contribution in [0.3, 0.4) is 0 Å². The highest BCUT2D eigenvalue weighted by atomic mass is 16.6. The van der Waals surface area contributed by atoms with Crippen molar-refractivity contribution >= 4 is 28.8 Å². The van der Waals surface area contributed by atoms with Crippen molar-refractivity contribution in [2.75, 3.05) is 26.4 Å². The van der Waals surface area contributed by atoms with Gasteiger partial charge in [0.2, 0.25) is 5.82 Å². The maximum absolute atomic E-state index is 12.6. The van der Waals surface area contributed by atoms with Gasteiger partial charge in [-0.15, -0.1) is 0 Å². The lowest BCUT2D eigenvalue weighted by molar-refractivity contribution is -0.137. The molecule has 1 aliphatic heterocycles. The number of ether oxygens (including phenoxy) is 1. The molecule has 0 aliphatic carbocycles.